The summed E-state index contributed by atoms with van der Waals surface area (Å²) in [5, 5.41) is 7.28. The van der Waals surface area contributed by atoms with E-state index in [9.17, 15) is 4.79 Å². The standard InChI is InChI=1S/C15H21N5O/c1-4-8-19(3)13-9-14(21)20(18-10-13)11-12-6-5-7-17-15(12)16-2/h5-7,9-10H,4,8,11H2,1-3H3,(H,16,17). The van der Waals surface area contributed by atoms with E-state index in [1.807, 2.05) is 31.1 Å². The molecule has 0 saturated carbocycles. The number of hydrogen-bond donors (Lipinski definition) is 1. The largest absolute Gasteiger partial charge is 0.373 e. The molecule has 21 heavy (non-hydrogen) atoms. The maximum Gasteiger partial charge on any atom is 0.269 e. The summed E-state index contributed by atoms with van der Waals surface area (Å²) < 4.78 is 1.45. The van der Waals surface area contributed by atoms with E-state index >= 15 is 0 Å². The van der Waals surface area contributed by atoms with Crippen molar-refractivity contribution in [3.63, 3.8) is 0 Å². The van der Waals surface area contributed by atoms with E-state index in [-0.39, 0.29) is 5.56 Å². The third kappa shape index (κ3) is 3.59. The lowest BCUT2D eigenvalue weighted by Gasteiger charge is -2.18. The fourth-order valence-corrected chi connectivity index (χ4v) is 2.17. The minimum Gasteiger partial charge on any atom is -0.373 e. The third-order valence-electron chi connectivity index (χ3n) is 3.30. The SMILES string of the molecule is CCCN(C)c1cnn(Cc2cccnc2NC)c(=O)c1. The van der Waals surface area contributed by atoms with Crippen LogP contribution in [0.1, 0.15) is 18.9 Å². The monoisotopic (exact) mass is 287 g/mol. The minimum absolute atomic E-state index is 0.110. The van der Waals surface area contributed by atoms with Gasteiger partial charge in [-0.2, -0.15) is 5.10 Å². The van der Waals surface area contributed by atoms with Crippen LogP contribution in [0, 0.1) is 0 Å². The first kappa shape index (κ1) is 15.0. The lowest BCUT2D eigenvalue weighted by atomic mass is 10.2. The summed E-state index contributed by atoms with van der Waals surface area (Å²) in [6, 6.07) is 5.41. The second-order valence-electron chi connectivity index (χ2n) is 4.89. The summed E-state index contributed by atoms with van der Waals surface area (Å²) >= 11 is 0. The van der Waals surface area contributed by atoms with Crippen LogP contribution in [0.3, 0.4) is 0 Å². The number of nitrogens with zero attached hydrogens (tertiary/aromatic N) is 4. The smallest absolute Gasteiger partial charge is 0.269 e. The highest BCUT2D eigenvalue weighted by atomic mass is 16.1. The highest BCUT2D eigenvalue weighted by Gasteiger charge is 2.07. The van der Waals surface area contributed by atoms with Gasteiger partial charge in [0.25, 0.3) is 5.56 Å². The van der Waals surface area contributed by atoms with Crippen molar-refractivity contribution in [2.75, 3.05) is 30.9 Å². The van der Waals surface area contributed by atoms with Gasteiger partial charge in [0.1, 0.15) is 5.82 Å². The number of rotatable bonds is 6. The molecule has 0 aromatic carbocycles. The lowest BCUT2D eigenvalue weighted by molar-refractivity contribution is 0.636. The second kappa shape index (κ2) is 6.88. The predicted molar refractivity (Wildman–Crippen MR) is 84.9 cm³/mol. The molecule has 6 heteroatoms. The molecule has 0 bridgehead atoms. The van der Waals surface area contributed by atoms with E-state index in [4.69, 9.17) is 0 Å². The molecular weight excluding hydrogens is 266 g/mol. The molecule has 0 atom stereocenters. The van der Waals surface area contributed by atoms with Gasteiger partial charge >= 0.3 is 0 Å². The van der Waals surface area contributed by atoms with Gasteiger partial charge in [-0.25, -0.2) is 9.67 Å². The molecule has 0 aliphatic rings. The number of aromatic nitrogens is 3. The number of nitrogens with one attached hydrogen (secondary N) is 1. The normalized spacial score (nSPS) is 10.4. The summed E-state index contributed by atoms with van der Waals surface area (Å²) in [5.74, 6) is 0.762. The number of hydrogen-bond acceptors (Lipinski definition) is 5. The Bertz CT molecular complexity index is 653. The third-order valence-corrected chi connectivity index (χ3v) is 3.30. The van der Waals surface area contributed by atoms with Gasteiger partial charge in [0.05, 0.1) is 18.4 Å². The minimum atomic E-state index is -0.110. The maximum absolute atomic E-state index is 12.2. The van der Waals surface area contributed by atoms with Crippen LogP contribution in [0.25, 0.3) is 0 Å². The molecule has 6 nitrogen and oxygen atoms in total. The first-order valence-corrected chi connectivity index (χ1v) is 7.05. The van der Waals surface area contributed by atoms with Crippen LogP contribution in [-0.2, 0) is 6.54 Å². The molecule has 1 N–H and O–H groups in total. The van der Waals surface area contributed by atoms with Gasteiger partial charge in [0.15, 0.2) is 0 Å². The van der Waals surface area contributed by atoms with Crippen molar-refractivity contribution in [2.45, 2.75) is 19.9 Å². The molecule has 2 rings (SSSR count). The first-order chi connectivity index (χ1) is 10.2. The molecule has 2 aromatic heterocycles. The number of pyridine rings is 1. The van der Waals surface area contributed by atoms with Gasteiger partial charge in [-0.05, 0) is 12.5 Å². The fourth-order valence-electron chi connectivity index (χ4n) is 2.17. The molecule has 0 spiro atoms. The van der Waals surface area contributed by atoms with E-state index in [1.165, 1.54) is 4.68 Å². The second-order valence-corrected chi connectivity index (χ2v) is 4.89. The Morgan fingerprint density at radius 3 is 2.90 bits per heavy atom. The van der Waals surface area contributed by atoms with E-state index in [1.54, 1.807) is 18.5 Å². The van der Waals surface area contributed by atoms with Gasteiger partial charge < -0.3 is 10.2 Å². The molecule has 0 amide bonds. The Morgan fingerprint density at radius 2 is 2.24 bits per heavy atom. The molecule has 0 aliphatic heterocycles. The quantitative estimate of drug-likeness (QED) is 0.874. The van der Waals surface area contributed by atoms with Gasteiger partial charge in [0, 0.05) is 38.5 Å². The van der Waals surface area contributed by atoms with Crippen LogP contribution < -0.4 is 15.8 Å². The molecular formula is C15H21N5O. The summed E-state index contributed by atoms with van der Waals surface area (Å²) in [4.78, 5) is 18.4. The fraction of sp³-hybridized carbons (Fsp3) is 0.400. The van der Waals surface area contributed by atoms with Crippen molar-refractivity contribution in [3.05, 3.63) is 46.5 Å². The van der Waals surface area contributed by atoms with Crippen LogP contribution in [0.5, 0.6) is 0 Å². The van der Waals surface area contributed by atoms with Gasteiger partial charge in [0.2, 0.25) is 0 Å². The lowest BCUT2D eigenvalue weighted by Crippen LogP contribution is -2.26. The summed E-state index contributed by atoms with van der Waals surface area (Å²) in [6.45, 7) is 3.41. The van der Waals surface area contributed by atoms with Crippen LogP contribution in [0.4, 0.5) is 11.5 Å². The zero-order valence-electron chi connectivity index (χ0n) is 12.7. The Kier molecular flexibility index (Phi) is 4.92. The van der Waals surface area contributed by atoms with Crippen molar-refractivity contribution in [2.24, 2.45) is 0 Å². The van der Waals surface area contributed by atoms with Crippen LogP contribution >= 0.6 is 0 Å². The average molecular weight is 287 g/mol. The Morgan fingerprint density at radius 1 is 1.43 bits per heavy atom. The maximum atomic E-state index is 12.2. The summed E-state index contributed by atoms with van der Waals surface area (Å²) in [6.07, 6.45) is 4.47. The topological polar surface area (TPSA) is 63.1 Å². The molecule has 0 saturated heterocycles. The van der Waals surface area contributed by atoms with Crippen molar-refractivity contribution >= 4 is 11.5 Å². The molecule has 2 heterocycles. The van der Waals surface area contributed by atoms with Crippen LogP contribution in [-0.4, -0.2) is 35.4 Å². The Balaban J connectivity index is 2.24. The molecule has 2 aromatic rings. The molecule has 0 aliphatic carbocycles. The predicted octanol–water partition coefficient (Wildman–Crippen LogP) is 1.57. The van der Waals surface area contributed by atoms with Crippen molar-refractivity contribution in [3.8, 4) is 0 Å². The van der Waals surface area contributed by atoms with E-state index in [2.05, 4.69) is 22.3 Å². The van der Waals surface area contributed by atoms with Crippen molar-refractivity contribution in [1.29, 1.82) is 0 Å². The first-order valence-electron chi connectivity index (χ1n) is 7.05. The average Bonchev–Trinajstić information content (AvgIpc) is 2.50. The van der Waals surface area contributed by atoms with Gasteiger partial charge in [-0.15, -0.1) is 0 Å². The molecule has 0 fully saturated rings. The molecule has 112 valence electrons. The zero-order chi connectivity index (χ0) is 15.2. The van der Waals surface area contributed by atoms with Crippen LogP contribution in [0.15, 0.2) is 35.4 Å². The van der Waals surface area contributed by atoms with Crippen molar-refractivity contribution < 1.29 is 0 Å². The number of anilines is 2. The van der Waals surface area contributed by atoms with Crippen molar-refractivity contribution in [1.82, 2.24) is 14.8 Å². The highest BCUT2D eigenvalue weighted by Crippen LogP contribution is 2.12. The molecule has 0 unspecified atom stereocenters. The Labute approximate surface area is 124 Å². The zero-order valence-corrected chi connectivity index (χ0v) is 12.7. The Hall–Kier alpha value is -2.37. The van der Waals surface area contributed by atoms with E-state index in [0.717, 1.165) is 30.0 Å². The van der Waals surface area contributed by atoms with Crippen LogP contribution in [0.2, 0.25) is 0 Å². The van der Waals surface area contributed by atoms with E-state index < -0.39 is 0 Å². The summed E-state index contributed by atoms with van der Waals surface area (Å²) in [7, 11) is 3.77. The van der Waals surface area contributed by atoms with Gasteiger partial charge in [-0.1, -0.05) is 13.0 Å². The summed E-state index contributed by atoms with van der Waals surface area (Å²) in [5.41, 5.74) is 1.67. The van der Waals surface area contributed by atoms with Gasteiger partial charge in [-0.3, -0.25) is 4.79 Å². The highest BCUT2D eigenvalue weighted by molar-refractivity contribution is 5.44. The molecule has 0 radical (unpaired) electrons. The van der Waals surface area contributed by atoms with E-state index in [0.29, 0.717) is 6.54 Å².